The van der Waals surface area contributed by atoms with Crippen molar-refractivity contribution >= 4 is 0 Å². The molecule has 3 rings (SSSR count). The second-order valence-electron chi connectivity index (χ2n) is 7.06. The lowest BCUT2D eigenvalue weighted by atomic mass is 9.76. The van der Waals surface area contributed by atoms with Gasteiger partial charge in [0.25, 0.3) is 0 Å². The molecular weight excluding hydrogens is 236 g/mol. The lowest BCUT2D eigenvalue weighted by Gasteiger charge is -2.47. The zero-order valence-corrected chi connectivity index (χ0v) is 12.5. The molecule has 1 saturated carbocycles. The maximum Gasteiger partial charge on any atom is 0.0547 e. The lowest BCUT2D eigenvalue weighted by molar-refractivity contribution is 0.0193. The monoisotopic (exact) mass is 266 g/mol. The van der Waals surface area contributed by atoms with Gasteiger partial charge in [0.1, 0.15) is 0 Å². The molecule has 1 aliphatic carbocycles. The Hall–Kier alpha value is -0.120. The first kappa shape index (κ1) is 13.8. The third-order valence-electron chi connectivity index (χ3n) is 5.63. The number of nitrogens with one attached hydrogen (secondary N) is 1. The van der Waals surface area contributed by atoms with Gasteiger partial charge in [-0.2, -0.15) is 0 Å². The largest absolute Gasteiger partial charge is 0.381 e. The van der Waals surface area contributed by atoms with Crippen molar-refractivity contribution in [1.29, 1.82) is 0 Å². The molecule has 3 atom stereocenters. The van der Waals surface area contributed by atoms with E-state index in [4.69, 9.17) is 4.74 Å². The first-order chi connectivity index (χ1) is 9.33. The Labute approximate surface area is 118 Å². The first-order valence-electron chi connectivity index (χ1n) is 8.29. The van der Waals surface area contributed by atoms with E-state index in [-0.39, 0.29) is 0 Å². The fraction of sp³-hybridized carbons (Fsp3) is 1.00. The van der Waals surface area contributed by atoms with E-state index >= 15 is 0 Å². The van der Waals surface area contributed by atoms with E-state index in [2.05, 4.69) is 17.3 Å². The zero-order chi connectivity index (χ0) is 13.1. The highest BCUT2D eigenvalue weighted by atomic mass is 16.5. The van der Waals surface area contributed by atoms with Gasteiger partial charge in [0.05, 0.1) is 6.61 Å². The van der Waals surface area contributed by atoms with Gasteiger partial charge >= 0.3 is 0 Å². The summed E-state index contributed by atoms with van der Waals surface area (Å²) in [4.78, 5) is 2.83. The average molecular weight is 266 g/mol. The molecule has 19 heavy (non-hydrogen) atoms. The van der Waals surface area contributed by atoms with Crippen molar-refractivity contribution < 1.29 is 4.74 Å². The number of fused-ring (bicyclic) bond motifs is 1. The van der Waals surface area contributed by atoms with E-state index in [9.17, 15) is 0 Å². The highest BCUT2D eigenvalue weighted by Crippen LogP contribution is 2.38. The number of rotatable bonds is 4. The molecule has 3 nitrogen and oxygen atoms in total. The molecule has 110 valence electrons. The van der Waals surface area contributed by atoms with E-state index < -0.39 is 0 Å². The third kappa shape index (κ3) is 2.98. The summed E-state index contributed by atoms with van der Waals surface area (Å²) >= 11 is 0. The van der Waals surface area contributed by atoms with Crippen LogP contribution in [0, 0.1) is 11.3 Å². The predicted octanol–water partition coefficient (Wildman–Crippen LogP) is 2.27. The van der Waals surface area contributed by atoms with Crippen LogP contribution in [0.1, 0.15) is 44.9 Å². The van der Waals surface area contributed by atoms with Crippen LogP contribution in [0.5, 0.6) is 0 Å². The number of ether oxygens (including phenoxy) is 1. The predicted molar refractivity (Wildman–Crippen MR) is 78.3 cm³/mol. The third-order valence-corrected chi connectivity index (χ3v) is 5.63. The van der Waals surface area contributed by atoms with Crippen LogP contribution in [0.25, 0.3) is 0 Å². The molecule has 2 aliphatic heterocycles. The quantitative estimate of drug-likeness (QED) is 0.845. The number of nitrogens with zero attached hydrogens (tertiary/aromatic N) is 1. The Morgan fingerprint density at radius 2 is 2.05 bits per heavy atom. The summed E-state index contributed by atoms with van der Waals surface area (Å²) in [5, 5.41) is 3.41. The molecular formula is C16H30N2O. The van der Waals surface area contributed by atoms with Gasteiger partial charge in [0.2, 0.25) is 0 Å². The summed E-state index contributed by atoms with van der Waals surface area (Å²) in [7, 11) is 2.08. The Morgan fingerprint density at radius 3 is 2.84 bits per heavy atom. The van der Waals surface area contributed by atoms with E-state index in [1.165, 1.54) is 58.0 Å². The van der Waals surface area contributed by atoms with E-state index in [1.54, 1.807) is 0 Å². The van der Waals surface area contributed by atoms with Crippen LogP contribution in [0.3, 0.4) is 0 Å². The molecule has 0 spiro atoms. The molecule has 0 bridgehead atoms. The molecule has 0 amide bonds. The summed E-state index contributed by atoms with van der Waals surface area (Å²) in [5.41, 5.74) is 0.383. The molecule has 1 N–H and O–H groups in total. The van der Waals surface area contributed by atoms with Crippen LogP contribution in [-0.2, 0) is 4.74 Å². The Morgan fingerprint density at radius 1 is 1.21 bits per heavy atom. The van der Waals surface area contributed by atoms with Crippen LogP contribution in [0.4, 0.5) is 0 Å². The normalized spacial score (nSPS) is 40.3. The second kappa shape index (κ2) is 6.11. The lowest BCUT2D eigenvalue weighted by Crippen LogP contribution is -2.53. The minimum atomic E-state index is 0.383. The van der Waals surface area contributed by atoms with Gasteiger partial charge in [0, 0.05) is 31.2 Å². The molecule has 3 fully saturated rings. The van der Waals surface area contributed by atoms with E-state index in [0.29, 0.717) is 5.41 Å². The van der Waals surface area contributed by atoms with Crippen molar-refractivity contribution in [3.05, 3.63) is 0 Å². The van der Waals surface area contributed by atoms with Crippen molar-refractivity contribution in [3.63, 3.8) is 0 Å². The minimum absolute atomic E-state index is 0.383. The molecule has 0 aromatic rings. The van der Waals surface area contributed by atoms with Gasteiger partial charge < -0.3 is 10.1 Å². The van der Waals surface area contributed by atoms with Crippen LogP contribution < -0.4 is 5.32 Å². The standard InChI is InChI=1S/C16H30N2O/c1-17-11-16(8-10-19-13-16)12-18-9-4-6-14-5-2-3-7-15(14)18/h14-15,17H,2-13H2,1H3/t14-,15-,16?/m1/s1. The summed E-state index contributed by atoms with van der Waals surface area (Å²) in [6.07, 6.45) is 9.99. The van der Waals surface area contributed by atoms with Crippen LogP contribution >= 0.6 is 0 Å². The maximum absolute atomic E-state index is 5.72. The molecule has 0 aromatic carbocycles. The topological polar surface area (TPSA) is 24.5 Å². The van der Waals surface area contributed by atoms with Crippen LogP contribution in [0.2, 0.25) is 0 Å². The summed E-state index contributed by atoms with van der Waals surface area (Å²) in [6, 6.07) is 0.886. The summed E-state index contributed by atoms with van der Waals surface area (Å²) in [6.45, 7) is 5.62. The Kier molecular flexibility index (Phi) is 4.45. The number of hydrogen-bond donors (Lipinski definition) is 1. The van der Waals surface area contributed by atoms with Gasteiger partial charge in [-0.15, -0.1) is 0 Å². The van der Waals surface area contributed by atoms with Crippen molar-refractivity contribution in [3.8, 4) is 0 Å². The maximum atomic E-state index is 5.72. The SMILES string of the molecule is CNCC1(CN2CCC[C@H]3CCCC[C@H]32)CCOC1. The van der Waals surface area contributed by atoms with Gasteiger partial charge in [-0.1, -0.05) is 12.8 Å². The van der Waals surface area contributed by atoms with Crippen molar-refractivity contribution in [1.82, 2.24) is 10.2 Å². The Bertz CT molecular complexity index is 286. The molecule has 2 heterocycles. The van der Waals surface area contributed by atoms with Gasteiger partial charge in [0.15, 0.2) is 0 Å². The fourth-order valence-electron chi connectivity index (χ4n) is 4.70. The van der Waals surface area contributed by atoms with Crippen LogP contribution in [-0.4, -0.2) is 50.8 Å². The molecule has 3 heteroatoms. The first-order valence-corrected chi connectivity index (χ1v) is 8.29. The number of hydrogen-bond acceptors (Lipinski definition) is 3. The van der Waals surface area contributed by atoms with E-state index in [1.807, 2.05) is 0 Å². The highest BCUT2D eigenvalue weighted by molar-refractivity contribution is 4.94. The highest BCUT2D eigenvalue weighted by Gasteiger charge is 2.40. The smallest absolute Gasteiger partial charge is 0.0547 e. The molecule has 3 aliphatic rings. The van der Waals surface area contributed by atoms with E-state index in [0.717, 1.165) is 31.7 Å². The fourth-order valence-corrected chi connectivity index (χ4v) is 4.70. The summed E-state index contributed by atoms with van der Waals surface area (Å²) in [5.74, 6) is 0.997. The van der Waals surface area contributed by atoms with Crippen molar-refractivity contribution in [2.75, 3.05) is 39.9 Å². The second-order valence-corrected chi connectivity index (χ2v) is 7.06. The minimum Gasteiger partial charge on any atom is -0.381 e. The van der Waals surface area contributed by atoms with Gasteiger partial charge in [-0.05, 0) is 51.6 Å². The number of likely N-dealkylation sites (tertiary alicyclic amines) is 1. The number of piperidine rings is 1. The van der Waals surface area contributed by atoms with Crippen molar-refractivity contribution in [2.24, 2.45) is 11.3 Å². The van der Waals surface area contributed by atoms with Crippen LogP contribution in [0.15, 0.2) is 0 Å². The van der Waals surface area contributed by atoms with Gasteiger partial charge in [-0.3, -0.25) is 4.90 Å². The average Bonchev–Trinajstić information content (AvgIpc) is 2.88. The van der Waals surface area contributed by atoms with Crippen molar-refractivity contribution in [2.45, 2.75) is 51.0 Å². The molecule has 2 saturated heterocycles. The Balaban J connectivity index is 1.66. The molecule has 1 unspecified atom stereocenters. The molecule has 0 radical (unpaired) electrons. The van der Waals surface area contributed by atoms with Gasteiger partial charge in [-0.25, -0.2) is 0 Å². The zero-order valence-electron chi connectivity index (χ0n) is 12.5. The molecule has 0 aromatic heterocycles. The summed E-state index contributed by atoms with van der Waals surface area (Å²) < 4.78 is 5.72.